The minimum Gasteiger partial charge on any atom is -0.478 e. The molecule has 0 heterocycles. The van der Waals surface area contributed by atoms with Crippen molar-refractivity contribution in [2.75, 3.05) is 12.8 Å². The van der Waals surface area contributed by atoms with E-state index < -0.39 is 24.1 Å². The summed E-state index contributed by atoms with van der Waals surface area (Å²) in [5.74, 6) is -2.39. The molecular formula is C11H13NO6. The summed E-state index contributed by atoms with van der Waals surface area (Å²) in [5, 5.41) is 28.2. The molecule has 0 amide bonds. The molecule has 2 unspecified atom stereocenters. The van der Waals surface area contributed by atoms with E-state index in [-0.39, 0.29) is 16.8 Å². The second-order valence-corrected chi connectivity index (χ2v) is 3.56. The van der Waals surface area contributed by atoms with Crippen molar-refractivity contribution in [3.05, 3.63) is 29.3 Å². The molecular weight excluding hydrogens is 242 g/mol. The minimum atomic E-state index is -1.86. The molecule has 0 fully saturated rings. The highest BCUT2D eigenvalue weighted by Crippen LogP contribution is 2.24. The summed E-state index contributed by atoms with van der Waals surface area (Å²) in [6.07, 6.45) is -3.57. The second-order valence-electron chi connectivity index (χ2n) is 3.56. The molecule has 5 N–H and O–H groups in total. The van der Waals surface area contributed by atoms with Crippen LogP contribution >= 0.6 is 0 Å². The number of carboxylic acid groups (broad SMARTS) is 1. The van der Waals surface area contributed by atoms with Crippen LogP contribution in [0.2, 0.25) is 0 Å². The SMILES string of the molecule is COC(=O)C(O)C(O)c1ccc(N)cc1C(=O)O. The van der Waals surface area contributed by atoms with E-state index in [4.69, 9.17) is 10.8 Å². The fourth-order valence-electron chi connectivity index (χ4n) is 1.44. The number of methoxy groups -OCH3 is 1. The molecule has 0 spiro atoms. The highest BCUT2D eigenvalue weighted by Gasteiger charge is 2.29. The van der Waals surface area contributed by atoms with Crippen LogP contribution in [-0.4, -0.2) is 40.5 Å². The van der Waals surface area contributed by atoms with Gasteiger partial charge in [0, 0.05) is 5.69 Å². The molecule has 0 aliphatic rings. The van der Waals surface area contributed by atoms with Crippen LogP contribution in [-0.2, 0) is 9.53 Å². The Morgan fingerprint density at radius 1 is 1.33 bits per heavy atom. The third-order valence-corrected chi connectivity index (χ3v) is 2.37. The number of esters is 1. The molecule has 1 aromatic carbocycles. The molecule has 0 aliphatic carbocycles. The van der Waals surface area contributed by atoms with Gasteiger partial charge in [-0.3, -0.25) is 0 Å². The number of ether oxygens (including phenoxy) is 1. The number of carboxylic acids is 1. The molecule has 0 radical (unpaired) electrons. The van der Waals surface area contributed by atoms with Crippen LogP contribution in [0.25, 0.3) is 0 Å². The first-order valence-corrected chi connectivity index (χ1v) is 4.95. The van der Waals surface area contributed by atoms with E-state index in [1.165, 1.54) is 12.1 Å². The van der Waals surface area contributed by atoms with Crippen molar-refractivity contribution in [2.24, 2.45) is 0 Å². The van der Waals surface area contributed by atoms with Crippen LogP contribution in [0, 0.1) is 0 Å². The molecule has 0 saturated carbocycles. The standard InChI is InChI=1S/C11H13NO6/c1-18-11(17)9(14)8(13)6-3-2-5(12)4-7(6)10(15)16/h2-4,8-9,13-14H,12H2,1H3,(H,15,16). The van der Waals surface area contributed by atoms with Gasteiger partial charge in [-0.25, -0.2) is 9.59 Å². The first-order valence-electron chi connectivity index (χ1n) is 4.95. The van der Waals surface area contributed by atoms with Crippen molar-refractivity contribution in [3.8, 4) is 0 Å². The highest BCUT2D eigenvalue weighted by atomic mass is 16.5. The van der Waals surface area contributed by atoms with Crippen LogP contribution in [0.4, 0.5) is 5.69 Å². The number of aliphatic hydroxyl groups excluding tert-OH is 2. The quantitative estimate of drug-likeness (QED) is 0.422. The fourth-order valence-corrected chi connectivity index (χ4v) is 1.44. The largest absolute Gasteiger partial charge is 0.478 e. The lowest BCUT2D eigenvalue weighted by molar-refractivity contribution is -0.156. The van der Waals surface area contributed by atoms with Gasteiger partial charge in [-0.1, -0.05) is 6.07 Å². The van der Waals surface area contributed by atoms with Crippen LogP contribution in [0.1, 0.15) is 22.0 Å². The van der Waals surface area contributed by atoms with E-state index in [9.17, 15) is 19.8 Å². The lowest BCUT2D eigenvalue weighted by atomic mass is 9.98. The number of carbonyl (C=O) groups excluding carboxylic acids is 1. The third-order valence-electron chi connectivity index (χ3n) is 2.37. The Balaban J connectivity index is 3.16. The zero-order chi connectivity index (χ0) is 13.9. The van der Waals surface area contributed by atoms with E-state index in [0.717, 1.165) is 13.2 Å². The predicted octanol–water partition coefficient (Wildman–Crippen LogP) is -0.466. The zero-order valence-corrected chi connectivity index (χ0v) is 9.53. The van der Waals surface area contributed by atoms with Crippen LogP contribution in [0.5, 0.6) is 0 Å². The van der Waals surface area contributed by atoms with Gasteiger partial charge in [-0.2, -0.15) is 0 Å². The number of carbonyl (C=O) groups is 2. The number of aliphatic hydroxyl groups is 2. The topological polar surface area (TPSA) is 130 Å². The van der Waals surface area contributed by atoms with Gasteiger partial charge < -0.3 is 25.8 Å². The lowest BCUT2D eigenvalue weighted by Crippen LogP contribution is -2.30. The molecule has 0 aromatic heterocycles. The van der Waals surface area contributed by atoms with E-state index in [2.05, 4.69) is 4.74 Å². The Morgan fingerprint density at radius 2 is 1.94 bits per heavy atom. The first-order chi connectivity index (χ1) is 8.38. The van der Waals surface area contributed by atoms with E-state index in [1.54, 1.807) is 0 Å². The van der Waals surface area contributed by atoms with Gasteiger partial charge in [-0.05, 0) is 17.7 Å². The van der Waals surface area contributed by atoms with Gasteiger partial charge in [0.25, 0.3) is 0 Å². The smallest absolute Gasteiger partial charge is 0.337 e. The predicted molar refractivity (Wildman–Crippen MR) is 60.8 cm³/mol. The van der Waals surface area contributed by atoms with Gasteiger partial charge in [0.1, 0.15) is 6.10 Å². The molecule has 0 aliphatic heterocycles. The number of anilines is 1. The summed E-state index contributed by atoms with van der Waals surface area (Å²) in [4.78, 5) is 22.0. The summed E-state index contributed by atoms with van der Waals surface area (Å²) >= 11 is 0. The Hall–Kier alpha value is -2.12. The van der Waals surface area contributed by atoms with Gasteiger partial charge in [-0.15, -0.1) is 0 Å². The first kappa shape index (κ1) is 13.9. The molecule has 0 saturated heterocycles. The Kier molecular flexibility index (Phi) is 4.24. The van der Waals surface area contributed by atoms with Crippen molar-refractivity contribution in [1.82, 2.24) is 0 Å². The minimum absolute atomic E-state index is 0.116. The molecule has 1 rings (SSSR count). The Labute approximate surface area is 102 Å². The maximum atomic E-state index is 11.1. The van der Waals surface area contributed by atoms with Crippen molar-refractivity contribution < 1.29 is 29.6 Å². The lowest BCUT2D eigenvalue weighted by Gasteiger charge is -2.18. The van der Waals surface area contributed by atoms with Crippen LogP contribution < -0.4 is 5.73 Å². The van der Waals surface area contributed by atoms with Crippen molar-refractivity contribution >= 4 is 17.6 Å². The Morgan fingerprint density at radius 3 is 2.44 bits per heavy atom. The maximum Gasteiger partial charge on any atom is 0.337 e. The average Bonchev–Trinajstić information content (AvgIpc) is 2.35. The van der Waals surface area contributed by atoms with Gasteiger partial charge >= 0.3 is 11.9 Å². The number of benzene rings is 1. The molecule has 7 nitrogen and oxygen atoms in total. The summed E-state index contributed by atoms with van der Waals surface area (Å²) in [5.41, 5.74) is 5.22. The van der Waals surface area contributed by atoms with Gasteiger partial charge in [0.2, 0.25) is 0 Å². The zero-order valence-electron chi connectivity index (χ0n) is 9.53. The number of aromatic carboxylic acids is 1. The monoisotopic (exact) mass is 255 g/mol. The second kappa shape index (κ2) is 5.48. The molecule has 18 heavy (non-hydrogen) atoms. The fraction of sp³-hybridized carbons (Fsp3) is 0.273. The number of rotatable bonds is 4. The summed E-state index contributed by atoms with van der Waals surface area (Å²) < 4.78 is 4.26. The molecule has 7 heteroatoms. The van der Waals surface area contributed by atoms with Crippen molar-refractivity contribution in [1.29, 1.82) is 0 Å². The van der Waals surface area contributed by atoms with Crippen molar-refractivity contribution in [2.45, 2.75) is 12.2 Å². The number of nitrogens with two attached hydrogens (primary N) is 1. The normalized spacial score (nSPS) is 13.7. The summed E-state index contributed by atoms with van der Waals surface area (Å²) in [6, 6.07) is 3.72. The third kappa shape index (κ3) is 2.76. The van der Waals surface area contributed by atoms with Crippen LogP contribution in [0.3, 0.4) is 0 Å². The van der Waals surface area contributed by atoms with Crippen LogP contribution in [0.15, 0.2) is 18.2 Å². The number of hydrogen-bond acceptors (Lipinski definition) is 6. The van der Waals surface area contributed by atoms with E-state index in [1.807, 2.05) is 0 Å². The van der Waals surface area contributed by atoms with E-state index >= 15 is 0 Å². The maximum absolute atomic E-state index is 11.1. The van der Waals surface area contributed by atoms with E-state index in [0.29, 0.717) is 0 Å². The number of nitrogen functional groups attached to an aromatic ring is 1. The average molecular weight is 255 g/mol. The molecule has 1 aromatic rings. The van der Waals surface area contributed by atoms with Gasteiger partial charge in [0.05, 0.1) is 12.7 Å². The Bertz CT molecular complexity index is 473. The summed E-state index contributed by atoms with van der Waals surface area (Å²) in [6.45, 7) is 0. The summed E-state index contributed by atoms with van der Waals surface area (Å²) in [7, 11) is 1.04. The highest BCUT2D eigenvalue weighted by molar-refractivity contribution is 5.91. The van der Waals surface area contributed by atoms with Gasteiger partial charge in [0.15, 0.2) is 6.10 Å². The number of hydrogen-bond donors (Lipinski definition) is 4. The molecule has 2 atom stereocenters. The molecule has 98 valence electrons. The molecule has 0 bridgehead atoms. The van der Waals surface area contributed by atoms with Crippen molar-refractivity contribution in [3.63, 3.8) is 0 Å².